The molecule has 0 saturated carbocycles. The molecule has 0 spiro atoms. The molecule has 3 heterocycles. The van der Waals surface area contributed by atoms with Crippen LogP contribution in [0.5, 0.6) is 0 Å². The fourth-order valence-electron chi connectivity index (χ4n) is 3.31. The number of carbonyl (C=O) groups excluding carboxylic acids is 1. The Morgan fingerprint density at radius 1 is 1.26 bits per heavy atom. The van der Waals surface area contributed by atoms with E-state index in [1.807, 2.05) is 57.3 Å². The summed E-state index contributed by atoms with van der Waals surface area (Å²) in [5.74, 6) is 1.12. The summed E-state index contributed by atoms with van der Waals surface area (Å²) < 4.78 is 5.44. The topological polar surface area (TPSA) is 88.0 Å². The lowest BCUT2D eigenvalue weighted by molar-refractivity contribution is -0.115. The van der Waals surface area contributed by atoms with Gasteiger partial charge in [-0.2, -0.15) is 0 Å². The van der Waals surface area contributed by atoms with Gasteiger partial charge in [0.25, 0.3) is 5.56 Å². The minimum absolute atomic E-state index is 0.0785. The Hall–Kier alpha value is -2.84. The summed E-state index contributed by atoms with van der Waals surface area (Å²) in [6.45, 7) is 7.77. The number of fused-ring (bicyclic) bond motifs is 1. The van der Waals surface area contributed by atoms with Gasteiger partial charge in [0, 0.05) is 16.6 Å². The molecule has 0 saturated heterocycles. The lowest BCUT2D eigenvalue weighted by atomic mass is 10.1. The summed E-state index contributed by atoms with van der Waals surface area (Å²) in [7, 11) is 0. The molecule has 2 atom stereocenters. The van der Waals surface area contributed by atoms with Crippen molar-refractivity contribution in [1.82, 2.24) is 9.97 Å². The molecule has 4 aromatic rings. The first-order chi connectivity index (χ1) is 14.8. The van der Waals surface area contributed by atoms with E-state index < -0.39 is 0 Å². The molecule has 1 aromatic carbocycles. The largest absolute Gasteiger partial charge is 0.464 e. The highest BCUT2D eigenvalue weighted by molar-refractivity contribution is 8.00. The number of benzene rings is 1. The number of nitrogens with one attached hydrogen (secondary N) is 2. The van der Waals surface area contributed by atoms with Crippen molar-refractivity contribution in [2.24, 2.45) is 0 Å². The van der Waals surface area contributed by atoms with Crippen LogP contribution in [-0.4, -0.2) is 21.1 Å². The van der Waals surface area contributed by atoms with E-state index in [-0.39, 0.29) is 22.0 Å². The first-order valence-corrected chi connectivity index (χ1v) is 11.7. The van der Waals surface area contributed by atoms with Gasteiger partial charge in [0.05, 0.1) is 22.1 Å². The summed E-state index contributed by atoms with van der Waals surface area (Å²) in [4.78, 5) is 33.7. The van der Waals surface area contributed by atoms with Gasteiger partial charge in [-0.3, -0.25) is 9.59 Å². The van der Waals surface area contributed by atoms with Crippen LogP contribution in [0.4, 0.5) is 5.69 Å². The molecule has 8 heteroatoms. The molecule has 160 valence electrons. The number of anilines is 1. The number of nitrogens with zero attached hydrogens (tertiary/aromatic N) is 1. The highest BCUT2D eigenvalue weighted by Gasteiger charge is 2.22. The summed E-state index contributed by atoms with van der Waals surface area (Å²) >= 11 is 2.86. The lowest BCUT2D eigenvalue weighted by Gasteiger charge is -2.17. The maximum atomic E-state index is 12.8. The van der Waals surface area contributed by atoms with Crippen molar-refractivity contribution in [1.29, 1.82) is 0 Å². The van der Waals surface area contributed by atoms with Gasteiger partial charge in [-0.05, 0) is 57.0 Å². The lowest BCUT2D eigenvalue weighted by Crippen LogP contribution is -2.24. The third-order valence-electron chi connectivity index (χ3n) is 5.06. The highest BCUT2D eigenvalue weighted by atomic mass is 32.2. The number of carbonyl (C=O) groups is 1. The number of aromatic amines is 1. The van der Waals surface area contributed by atoms with E-state index in [0.717, 1.165) is 22.4 Å². The Morgan fingerprint density at radius 3 is 2.81 bits per heavy atom. The Bertz CT molecular complexity index is 1290. The number of hydrogen-bond donors (Lipinski definition) is 2. The van der Waals surface area contributed by atoms with Crippen LogP contribution in [-0.2, 0) is 4.79 Å². The molecule has 4 rings (SSSR count). The number of thiophene rings is 1. The predicted molar refractivity (Wildman–Crippen MR) is 128 cm³/mol. The van der Waals surface area contributed by atoms with Gasteiger partial charge >= 0.3 is 0 Å². The maximum Gasteiger partial charge on any atom is 0.260 e. The standard InChI is InChI=1S/C23H23N3O3S2/c1-12-7-8-13(2)17(10-12)24-21(27)15(4)31-14(3)20-25-22(28)19-16(11-30-23(19)26-20)18-6-5-9-29-18/h5-11,14-15H,1-4H3,(H,24,27)(H,25,26,28)/t14-,15-/m1/s1. The van der Waals surface area contributed by atoms with Crippen LogP contribution in [0, 0.1) is 13.8 Å². The second-order valence-corrected chi connectivity index (χ2v) is 10.0. The minimum Gasteiger partial charge on any atom is -0.464 e. The molecule has 0 bridgehead atoms. The number of aryl methyl sites for hydroxylation is 2. The molecule has 31 heavy (non-hydrogen) atoms. The Balaban J connectivity index is 1.51. The fourth-order valence-corrected chi connectivity index (χ4v) is 5.28. The van der Waals surface area contributed by atoms with E-state index in [4.69, 9.17) is 4.42 Å². The van der Waals surface area contributed by atoms with E-state index >= 15 is 0 Å². The SMILES string of the molecule is Cc1ccc(C)c(NC(=O)[C@@H](C)S[C@H](C)c2nc3scc(-c4ccco4)c3c(=O)[nH]2)c1. The molecule has 3 aromatic heterocycles. The molecule has 0 aliphatic heterocycles. The quantitative estimate of drug-likeness (QED) is 0.392. The average Bonchev–Trinajstić information content (AvgIpc) is 3.40. The third-order valence-corrected chi connectivity index (χ3v) is 7.19. The average molecular weight is 454 g/mol. The van der Waals surface area contributed by atoms with Crippen LogP contribution >= 0.6 is 23.1 Å². The van der Waals surface area contributed by atoms with Crippen molar-refractivity contribution in [2.45, 2.75) is 38.2 Å². The predicted octanol–water partition coefficient (Wildman–Crippen LogP) is 5.68. The molecule has 6 nitrogen and oxygen atoms in total. The Kier molecular flexibility index (Phi) is 6.02. The number of aromatic nitrogens is 2. The molecule has 0 aliphatic carbocycles. The highest BCUT2D eigenvalue weighted by Crippen LogP contribution is 2.34. The Labute approximate surface area is 188 Å². The van der Waals surface area contributed by atoms with E-state index in [1.54, 1.807) is 12.3 Å². The van der Waals surface area contributed by atoms with Gasteiger partial charge in [0.2, 0.25) is 5.91 Å². The number of rotatable bonds is 6. The summed E-state index contributed by atoms with van der Waals surface area (Å²) in [6, 6.07) is 9.59. The van der Waals surface area contributed by atoms with Crippen LogP contribution in [0.15, 0.2) is 51.2 Å². The Morgan fingerprint density at radius 2 is 2.06 bits per heavy atom. The van der Waals surface area contributed by atoms with Gasteiger partial charge in [0.15, 0.2) is 0 Å². The summed E-state index contributed by atoms with van der Waals surface area (Å²) in [6.07, 6.45) is 1.58. The normalized spacial score (nSPS) is 13.3. The zero-order valence-corrected chi connectivity index (χ0v) is 19.3. The van der Waals surface area contributed by atoms with E-state index in [2.05, 4.69) is 15.3 Å². The molecule has 0 aliphatic rings. The molecule has 2 N–H and O–H groups in total. The zero-order valence-electron chi connectivity index (χ0n) is 17.7. The molecule has 0 radical (unpaired) electrons. The van der Waals surface area contributed by atoms with Gasteiger partial charge in [-0.25, -0.2) is 4.98 Å². The minimum atomic E-state index is -0.321. The molecule has 0 unspecified atom stereocenters. The van der Waals surface area contributed by atoms with Gasteiger partial charge < -0.3 is 14.7 Å². The molecular formula is C23H23N3O3S2. The number of hydrogen-bond acceptors (Lipinski definition) is 6. The third kappa shape index (κ3) is 4.45. The second-order valence-electron chi connectivity index (χ2n) is 7.49. The van der Waals surface area contributed by atoms with Crippen molar-refractivity contribution >= 4 is 44.9 Å². The van der Waals surface area contributed by atoms with Crippen LogP contribution in [0.2, 0.25) is 0 Å². The van der Waals surface area contributed by atoms with Crippen molar-refractivity contribution in [3.05, 3.63) is 69.3 Å². The van der Waals surface area contributed by atoms with E-state index in [0.29, 0.717) is 21.8 Å². The van der Waals surface area contributed by atoms with Crippen LogP contribution in [0.25, 0.3) is 21.5 Å². The molecular weight excluding hydrogens is 430 g/mol. The van der Waals surface area contributed by atoms with Gasteiger partial charge in [0.1, 0.15) is 16.4 Å². The number of furan rings is 1. The van der Waals surface area contributed by atoms with Crippen molar-refractivity contribution in [3.63, 3.8) is 0 Å². The van der Waals surface area contributed by atoms with Gasteiger partial charge in [-0.15, -0.1) is 23.1 Å². The first kappa shape index (κ1) is 21.4. The van der Waals surface area contributed by atoms with Crippen molar-refractivity contribution in [3.8, 4) is 11.3 Å². The second kappa shape index (κ2) is 8.72. The number of H-pyrrole nitrogens is 1. The summed E-state index contributed by atoms with van der Waals surface area (Å²) in [5.41, 5.74) is 3.47. The first-order valence-electron chi connectivity index (χ1n) is 9.92. The van der Waals surface area contributed by atoms with Crippen molar-refractivity contribution in [2.75, 3.05) is 5.32 Å². The molecule has 0 fully saturated rings. The van der Waals surface area contributed by atoms with Gasteiger partial charge in [-0.1, -0.05) is 12.1 Å². The van der Waals surface area contributed by atoms with Crippen LogP contribution in [0.3, 0.4) is 0 Å². The molecule has 1 amide bonds. The summed E-state index contributed by atoms with van der Waals surface area (Å²) in [5, 5.41) is 4.94. The smallest absolute Gasteiger partial charge is 0.260 e. The van der Waals surface area contributed by atoms with E-state index in [9.17, 15) is 9.59 Å². The zero-order chi connectivity index (χ0) is 22.1. The fraction of sp³-hybridized carbons (Fsp3) is 0.261. The van der Waals surface area contributed by atoms with Crippen molar-refractivity contribution < 1.29 is 9.21 Å². The van der Waals surface area contributed by atoms with Crippen LogP contribution < -0.4 is 10.9 Å². The van der Waals surface area contributed by atoms with Crippen LogP contribution in [0.1, 0.15) is 36.0 Å². The van der Waals surface area contributed by atoms with E-state index in [1.165, 1.54) is 23.1 Å². The number of thioether (sulfide) groups is 1. The number of amides is 1. The monoisotopic (exact) mass is 453 g/mol. The maximum absolute atomic E-state index is 12.8.